The summed E-state index contributed by atoms with van der Waals surface area (Å²) < 4.78 is 0. The maximum absolute atomic E-state index is 12.0. The van der Waals surface area contributed by atoms with Gasteiger partial charge in [0.15, 0.2) is 5.11 Å². The summed E-state index contributed by atoms with van der Waals surface area (Å²) in [6, 6.07) is 13.4. The maximum Gasteiger partial charge on any atom is 0.269 e. The second kappa shape index (κ2) is 7.74. The number of hydrogen-bond acceptors (Lipinski definition) is 2. The second-order valence-electron chi connectivity index (χ2n) is 5.36. The van der Waals surface area contributed by atoms with Gasteiger partial charge in [0.2, 0.25) is 0 Å². The van der Waals surface area contributed by atoms with Gasteiger partial charge in [0.05, 0.1) is 0 Å². The van der Waals surface area contributed by atoms with Crippen molar-refractivity contribution < 1.29 is 4.79 Å². The molecular formula is C18H21N3OS. The molecular weight excluding hydrogens is 306 g/mol. The Morgan fingerprint density at radius 2 is 1.74 bits per heavy atom. The minimum atomic E-state index is -0.227. The van der Waals surface area contributed by atoms with Crippen molar-refractivity contribution in [2.24, 2.45) is 0 Å². The fraction of sp³-hybridized carbons (Fsp3) is 0.222. The summed E-state index contributed by atoms with van der Waals surface area (Å²) in [5, 5.41) is 3.51. The zero-order valence-corrected chi connectivity index (χ0v) is 14.4. The highest BCUT2D eigenvalue weighted by Gasteiger charge is 2.08. The zero-order chi connectivity index (χ0) is 16.8. The van der Waals surface area contributed by atoms with Gasteiger partial charge < -0.3 is 5.32 Å². The Morgan fingerprint density at radius 1 is 1.04 bits per heavy atom. The SMILES string of the molecule is CCc1cccc(C)c1NC(=S)NNC(=O)c1ccc(C)cc1. The fourth-order valence-electron chi connectivity index (χ4n) is 2.24. The molecule has 2 rings (SSSR count). The third kappa shape index (κ3) is 4.53. The number of thiocarbonyl (C=S) groups is 1. The van der Waals surface area contributed by atoms with Crippen LogP contribution in [0.4, 0.5) is 5.69 Å². The molecule has 0 aliphatic heterocycles. The maximum atomic E-state index is 12.0. The van der Waals surface area contributed by atoms with Crippen LogP contribution in [0.5, 0.6) is 0 Å². The van der Waals surface area contributed by atoms with E-state index in [0.717, 1.165) is 23.2 Å². The van der Waals surface area contributed by atoms with E-state index < -0.39 is 0 Å². The van der Waals surface area contributed by atoms with Crippen LogP contribution in [0.3, 0.4) is 0 Å². The molecule has 23 heavy (non-hydrogen) atoms. The molecule has 5 heteroatoms. The van der Waals surface area contributed by atoms with Gasteiger partial charge in [-0.05, 0) is 55.7 Å². The molecule has 0 aliphatic carbocycles. The van der Waals surface area contributed by atoms with Crippen molar-refractivity contribution in [2.45, 2.75) is 27.2 Å². The normalized spacial score (nSPS) is 10.0. The summed E-state index contributed by atoms with van der Waals surface area (Å²) in [6.45, 7) is 6.09. The highest BCUT2D eigenvalue weighted by molar-refractivity contribution is 7.80. The quantitative estimate of drug-likeness (QED) is 0.597. The first-order valence-electron chi connectivity index (χ1n) is 7.53. The largest absolute Gasteiger partial charge is 0.331 e. The van der Waals surface area contributed by atoms with Gasteiger partial charge in [-0.25, -0.2) is 0 Å². The van der Waals surface area contributed by atoms with Gasteiger partial charge in [-0.3, -0.25) is 15.6 Å². The minimum Gasteiger partial charge on any atom is -0.331 e. The first-order chi connectivity index (χ1) is 11.0. The standard InChI is InChI=1S/C18H21N3OS/c1-4-14-7-5-6-13(3)16(14)19-18(23)21-20-17(22)15-10-8-12(2)9-11-15/h5-11H,4H2,1-3H3,(H,20,22)(H2,19,21,23). The lowest BCUT2D eigenvalue weighted by molar-refractivity contribution is 0.0944. The predicted molar refractivity (Wildman–Crippen MR) is 98.6 cm³/mol. The van der Waals surface area contributed by atoms with Gasteiger partial charge in [-0.2, -0.15) is 0 Å². The molecule has 0 unspecified atom stereocenters. The Balaban J connectivity index is 1.95. The summed E-state index contributed by atoms with van der Waals surface area (Å²) in [4.78, 5) is 12.0. The number of rotatable bonds is 3. The molecule has 0 spiro atoms. The van der Waals surface area contributed by atoms with E-state index in [0.29, 0.717) is 10.7 Å². The van der Waals surface area contributed by atoms with Crippen LogP contribution in [0.2, 0.25) is 0 Å². The lowest BCUT2D eigenvalue weighted by Crippen LogP contribution is -2.43. The molecule has 4 nitrogen and oxygen atoms in total. The number of hydrazine groups is 1. The fourth-order valence-corrected chi connectivity index (χ4v) is 2.39. The third-order valence-corrected chi connectivity index (χ3v) is 3.79. The number of carbonyl (C=O) groups excluding carboxylic acids is 1. The molecule has 0 heterocycles. The Morgan fingerprint density at radius 3 is 2.39 bits per heavy atom. The molecule has 0 atom stereocenters. The van der Waals surface area contributed by atoms with Crippen LogP contribution in [0, 0.1) is 13.8 Å². The van der Waals surface area contributed by atoms with Crippen molar-refractivity contribution in [1.29, 1.82) is 0 Å². The summed E-state index contributed by atoms with van der Waals surface area (Å²) in [7, 11) is 0. The van der Waals surface area contributed by atoms with Crippen molar-refractivity contribution in [3.05, 3.63) is 64.7 Å². The molecule has 0 aliphatic rings. The molecule has 2 aromatic carbocycles. The third-order valence-electron chi connectivity index (χ3n) is 3.58. The number of aryl methyl sites for hydroxylation is 3. The highest BCUT2D eigenvalue weighted by Crippen LogP contribution is 2.20. The van der Waals surface area contributed by atoms with Gasteiger partial charge in [-0.1, -0.05) is 42.8 Å². The van der Waals surface area contributed by atoms with Crippen LogP contribution in [-0.2, 0) is 6.42 Å². The van der Waals surface area contributed by atoms with Gasteiger partial charge in [-0.15, -0.1) is 0 Å². The Hall–Kier alpha value is -2.40. The second-order valence-corrected chi connectivity index (χ2v) is 5.77. The minimum absolute atomic E-state index is 0.227. The lowest BCUT2D eigenvalue weighted by Gasteiger charge is -2.16. The Kier molecular flexibility index (Phi) is 5.71. The highest BCUT2D eigenvalue weighted by atomic mass is 32.1. The van der Waals surface area contributed by atoms with Crippen LogP contribution in [-0.4, -0.2) is 11.0 Å². The van der Waals surface area contributed by atoms with Crippen LogP contribution < -0.4 is 16.2 Å². The van der Waals surface area contributed by atoms with E-state index in [1.807, 2.05) is 38.1 Å². The first kappa shape index (κ1) is 17.0. The number of para-hydroxylation sites is 1. The molecule has 0 saturated carbocycles. The monoisotopic (exact) mass is 327 g/mol. The lowest BCUT2D eigenvalue weighted by atomic mass is 10.1. The van der Waals surface area contributed by atoms with E-state index in [1.165, 1.54) is 5.56 Å². The van der Waals surface area contributed by atoms with Crippen LogP contribution >= 0.6 is 12.2 Å². The average molecular weight is 327 g/mol. The molecule has 1 amide bonds. The van der Waals surface area contributed by atoms with Crippen molar-refractivity contribution in [2.75, 3.05) is 5.32 Å². The number of hydrogen-bond donors (Lipinski definition) is 3. The van der Waals surface area contributed by atoms with Gasteiger partial charge >= 0.3 is 0 Å². The van der Waals surface area contributed by atoms with Gasteiger partial charge in [0, 0.05) is 11.3 Å². The van der Waals surface area contributed by atoms with Crippen LogP contribution in [0.15, 0.2) is 42.5 Å². The summed E-state index contributed by atoms with van der Waals surface area (Å²) in [6.07, 6.45) is 0.905. The molecule has 0 radical (unpaired) electrons. The molecule has 0 aromatic heterocycles. The summed E-state index contributed by atoms with van der Waals surface area (Å²) in [5.74, 6) is -0.227. The Bertz CT molecular complexity index is 711. The van der Waals surface area contributed by atoms with Gasteiger partial charge in [0.1, 0.15) is 0 Å². The van der Waals surface area contributed by atoms with Crippen molar-refractivity contribution in [3.63, 3.8) is 0 Å². The number of carbonyl (C=O) groups is 1. The predicted octanol–water partition coefficient (Wildman–Crippen LogP) is 3.50. The van der Waals surface area contributed by atoms with E-state index in [-0.39, 0.29) is 5.91 Å². The molecule has 0 bridgehead atoms. The first-order valence-corrected chi connectivity index (χ1v) is 7.94. The number of benzene rings is 2. The zero-order valence-electron chi connectivity index (χ0n) is 13.6. The number of anilines is 1. The molecule has 120 valence electrons. The molecule has 2 aromatic rings. The van der Waals surface area contributed by atoms with Crippen molar-refractivity contribution in [3.8, 4) is 0 Å². The molecule has 0 saturated heterocycles. The average Bonchev–Trinajstić information content (AvgIpc) is 2.55. The van der Waals surface area contributed by atoms with Crippen LogP contribution in [0.25, 0.3) is 0 Å². The number of amides is 1. The molecule has 3 N–H and O–H groups in total. The smallest absolute Gasteiger partial charge is 0.269 e. The van der Waals surface area contributed by atoms with E-state index in [4.69, 9.17) is 12.2 Å². The molecule has 0 fully saturated rings. The van der Waals surface area contributed by atoms with Crippen molar-refractivity contribution in [1.82, 2.24) is 10.9 Å². The summed E-state index contributed by atoms with van der Waals surface area (Å²) in [5.41, 5.74) is 10.3. The van der Waals surface area contributed by atoms with E-state index in [1.54, 1.807) is 12.1 Å². The number of nitrogens with one attached hydrogen (secondary N) is 3. The van der Waals surface area contributed by atoms with E-state index in [9.17, 15) is 4.79 Å². The topological polar surface area (TPSA) is 53.2 Å². The van der Waals surface area contributed by atoms with E-state index >= 15 is 0 Å². The van der Waals surface area contributed by atoms with Crippen molar-refractivity contribution >= 4 is 28.9 Å². The van der Waals surface area contributed by atoms with Crippen LogP contribution in [0.1, 0.15) is 34.0 Å². The van der Waals surface area contributed by atoms with E-state index in [2.05, 4.69) is 29.2 Å². The Labute approximate surface area is 142 Å². The summed E-state index contributed by atoms with van der Waals surface area (Å²) >= 11 is 5.26. The van der Waals surface area contributed by atoms with Gasteiger partial charge in [0.25, 0.3) is 5.91 Å².